The van der Waals surface area contributed by atoms with Crippen LogP contribution in [0.1, 0.15) is 131 Å². The summed E-state index contributed by atoms with van der Waals surface area (Å²) in [4.78, 5) is 29.1. The molecule has 0 radical (unpaired) electrons. The monoisotopic (exact) mass is 1170 g/mol. The van der Waals surface area contributed by atoms with Crippen LogP contribution in [0, 0.1) is 11.8 Å². The van der Waals surface area contributed by atoms with Crippen molar-refractivity contribution in [3.05, 3.63) is 72.1 Å². The maximum Gasteiger partial charge on any atom is 0.308 e. The average molecular weight is 1170 g/mol. The molecule has 21 heteroatoms. The number of aryl methyl sites for hydroxylation is 1. The molecule has 0 amide bonds. The number of aliphatic hydroxyl groups excluding tert-OH is 1. The number of cyclic esters (lactones) is 1. The van der Waals surface area contributed by atoms with Crippen molar-refractivity contribution in [1.82, 2.24) is 25.2 Å². The molecule has 2 bridgehead atoms. The Hall–Kier alpha value is -3.52. The van der Waals surface area contributed by atoms with E-state index in [4.69, 9.17) is 51.8 Å². The van der Waals surface area contributed by atoms with Gasteiger partial charge in [-0.25, -0.2) is 4.68 Å². The molecule has 20 nitrogen and oxygen atoms in total. The number of fused-ring (bicyclic) bond motifs is 3. The number of aliphatic hydroxyl groups is 2. The van der Waals surface area contributed by atoms with E-state index in [-0.39, 0.29) is 54.4 Å². The van der Waals surface area contributed by atoms with Crippen LogP contribution >= 0.6 is 0 Å². The quantitative estimate of drug-likeness (QED) is 0.0978. The average Bonchev–Trinajstić information content (AvgIpc) is 3.26. The van der Waals surface area contributed by atoms with Crippen molar-refractivity contribution in [2.75, 3.05) is 28.3 Å². The summed E-state index contributed by atoms with van der Waals surface area (Å²) in [6.45, 7) is 22.8. The van der Waals surface area contributed by atoms with Crippen LogP contribution in [0.25, 0.3) is 0 Å². The van der Waals surface area contributed by atoms with Gasteiger partial charge in [-0.1, -0.05) is 87.5 Å². The summed E-state index contributed by atoms with van der Waals surface area (Å²) in [6, 6.07) is 9.50. The smallest absolute Gasteiger partial charge is 0.308 e. The number of hydrogen-bond acceptors (Lipinski definition) is 19. The van der Waals surface area contributed by atoms with Gasteiger partial charge in [-0.2, -0.15) is 0 Å². The lowest BCUT2D eigenvalue weighted by atomic mass is 9.82. The molecule has 0 spiro atoms. The van der Waals surface area contributed by atoms with E-state index in [1.165, 1.54) is 0 Å². The largest absolute Gasteiger partial charge is 0.462 e. The molecule has 4 saturated heterocycles. The van der Waals surface area contributed by atoms with Crippen molar-refractivity contribution in [3.63, 3.8) is 0 Å². The van der Waals surface area contributed by atoms with Crippen molar-refractivity contribution in [2.24, 2.45) is 11.8 Å². The van der Waals surface area contributed by atoms with Gasteiger partial charge in [-0.3, -0.25) is 9.59 Å². The van der Waals surface area contributed by atoms with Gasteiger partial charge in [0.2, 0.25) is 0 Å². The number of hydrogen-bond donors (Lipinski definition) is 3. The molecule has 0 saturated carbocycles. The van der Waals surface area contributed by atoms with Crippen LogP contribution in [0.15, 0.2) is 60.8 Å². The lowest BCUT2D eigenvalue weighted by Crippen LogP contribution is -2.65. The van der Waals surface area contributed by atoms with Crippen LogP contribution in [0.4, 0.5) is 0 Å². The highest BCUT2D eigenvalue weighted by Crippen LogP contribution is 2.44. The van der Waals surface area contributed by atoms with E-state index < -0.39 is 112 Å². The highest BCUT2D eigenvalue weighted by Gasteiger charge is 2.54. The Bertz CT molecular complexity index is 2370. The maximum atomic E-state index is 14.0. The Morgan fingerprint density at radius 1 is 0.915 bits per heavy atom. The Balaban J connectivity index is 1.09. The molecule has 6 heterocycles. The number of nitrogens with zero attached hydrogens (tertiary/aromatic N) is 4. The van der Waals surface area contributed by atoms with Gasteiger partial charge in [0.25, 0.3) is 0 Å². The molecule has 3 N–H and O–H groups in total. The molecular formula is C61H99N5O15Si. The van der Waals surface area contributed by atoms with Gasteiger partial charge in [-0.15, -0.1) is 5.10 Å². The molecule has 20 atom stereocenters. The topological polar surface area (TPSA) is 222 Å². The Morgan fingerprint density at radius 2 is 1.65 bits per heavy atom. The molecule has 462 valence electrons. The number of allylic oxidation sites excluding steroid dienone is 2. The standard InChI is InChI=1S/C61H99N5O15Si/c1-37-31-43-32-51(81-82(14,15)60(6,7)8)77-47(33-49(68)72-38(2)23-18-16-21-27-46(37)76-50-30-29-45(62-10)39(3)73-50)57(71-13)56(43)80-59-54(69)53(65(11)12)55(40(4)75-59)79-52-34-61(9,70)58(41(5)74-52)78-48(67)28-22-26-44-36-66(64-63-44)35-42-24-19-17-20-25-42/h16-21,24-25,27,36-41,43,45-47,50-59,62,69-70H,22-23,26,28-35H2,1-15H3/b18-16+,27-21+/t37-,38-,39-,40-,41+,43-,45+,46+,47-,50+,51?,52+,53-,54-,55-,56+,57+,58+,59+,61-/m1/s1. The van der Waals surface area contributed by atoms with Crippen molar-refractivity contribution < 1.29 is 71.6 Å². The zero-order chi connectivity index (χ0) is 59.7. The Labute approximate surface area is 488 Å². The molecule has 0 aliphatic carbocycles. The molecule has 2 aromatic rings. The van der Waals surface area contributed by atoms with Gasteiger partial charge in [-0.05, 0) is 123 Å². The molecule has 4 fully saturated rings. The fourth-order valence-corrected chi connectivity index (χ4v) is 13.2. The molecule has 5 aliphatic rings. The number of nitrogens with one attached hydrogen (secondary N) is 1. The lowest BCUT2D eigenvalue weighted by molar-refractivity contribution is -0.343. The van der Waals surface area contributed by atoms with E-state index in [1.54, 1.807) is 25.6 Å². The van der Waals surface area contributed by atoms with Gasteiger partial charge in [0.15, 0.2) is 33.3 Å². The van der Waals surface area contributed by atoms with Crippen LogP contribution in [-0.2, 0) is 74.3 Å². The Kier molecular flexibility index (Phi) is 23.5. The van der Waals surface area contributed by atoms with Crippen LogP contribution in [0.2, 0.25) is 18.1 Å². The number of methoxy groups -OCH3 is 1. The first kappa shape index (κ1) is 66.0. The summed E-state index contributed by atoms with van der Waals surface area (Å²) in [7, 11) is 4.74. The lowest BCUT2D eigenvalue weighted by Gasteiger charge is -2.50. The van der Waals surface area contributed by atoms with E-state index >= 15 is 0 Å². The van der Waals surface area contributed by atoms with Gasteiger partial charge in [0.1, 0.15) is 36.3 Å². The van der Waals surface area contributed by atoms with Gasteiger partial charge < -0.3 is 72.2 Å². The zero-order valence-corrected chi connectivity index (χ0v) is 52.5. The molecule has 1 unspecified atom stereocenters. The fraction of sp³-hybridized carbons (Fsp3) is 0.770. The Morgan fingerprint density at radius 3 is 2.32 bits per heavy atom. The third-order valence-corrected chi connectivity index (χ3v) is 22.0. The molecule has 1 aromatic carbocycles. The number of aromatic nitrogens is 3. The number of ether oxygens (including phenoxy) is 10. The second-order valence-electron chi connectivity index (χ2n) is 25.6. The molecule has 82 heavy (non-hydrogen) atoms. The van der Waals surface area contributed by atoms with Crippen LogP contribution in [-0.4, -0.2) is 189 Å². The van der Waals surface area contributed by atoms with E-state index in [2.05, 4.69) is 69.4 Å². The summed E-state index contributed by atoms with van der Waals surface area (Å²) < 4.78 is 74.7. The predicted molar refractivity (Wildman–Crippen MR) is 310 cm³/mol. The second kappa shape index (κ2) is 29.2. The van der Waals surface area contributed by atoms with Gasteiger partial charge in [0.05, 0.1) is 61.3 Å². The number of carbonyl (C=O) groups is 2. The zero-order valence-electron chi connectivity index (χ0n) is 51.5. The van der Waals surface area contributed by atoms with Gasteiger partial charge >= 0.3 is 11.9 Å². The number of carbonyl (C=O) groups excluding carboxylic acids is 2. The summed E-state index contributed by atoms with van der Waals surface area (Å²) in [6.07, 6.45) is 2.60. The summed E-state index contributed by atoms with van der Waals surface area (Å²) >= 11 is 0. The minimum atomic E-state index is -2.50. The van der Waals surface area contributed by atoms with E-state index in [0.29, 0.717) is 38.6 Å². The fourth-order valence-electron chi connectivity index (χ4n) is 12.0. The third-order valence-electron chi connectivity index (χ3n) is 17.6. The number of benzene rings is 1. The predicted octanol–water partition coefficient (Wildman–Crippen LogP) is 7.38. The van der Waals surface area contributed by atoms with Crippen LogP contribution in [0.3, 0.4) is 0 Å². The molecule has 5 aliphatic heterocycles. The van der Waals surface area contributed by atoms with Crippen molar-refractivity contribution in [3.8, 4) is 0 Å². The minimum Gasteiger partial charge on any atom is -0.462 e. The van der Waals surface area contributed by atoms with E-state index in [0.717, 1.165) is 24.1 Å². The molecule has 7 rings (SSSR count). The SMILES string of the molecule is CN[C@H]1CC[C@H](O[C@H]2/C=C/C=C/C[C@@H](C)OC(=O)C[C@H]3OC(O[Si](C)(C)C(C)(C)C)C[C@@H](C[C@H]2C)[C@H](O[C@@H]2O[C@H](C)[C@@H](O[C@H]4C[C@@](C)(O)[C@@H](OC(=O)CCCc5cn(Cc6ccccc6)nn5)[C@H](C)O4)[C@H](N(C)C)[C@H]2O)[C@H]3OC)O[C@@H]1C. The first-order valence-electron chi connectivity index (χ1n) is 29.9. The van der Waals surface area contributed by atoms with Crippen molar-refractivity contribution in [2.45, 2.75) is 261 Å². The van der Waals surface area contributed by atoms with Crippen molar-refractivity contribution >= 4 is 20.3 Å². The second-order valence-corrected chi connectivity index (χ2v) is 30.4. The summed E-state index contributed by atoms with van der Waals surface area (Å²) in [5, 5.41) is 36.3. The minimum absolute atomic E-state index is 0.0318. The highest BCUT2D eigenvalue weighted by molar-refractivity contribution is 6.74. The summed E-state index contributed by atoms with van der Waals surface area (Å²) in [5.74, 6) is -1.39. The van der Waals surface area contributed by atoms with Crippen LogP contribution in [0.5, 0.6) is 0 Å². The van der Waals surface area contributed by atoms with Crippen molar-refractivity contribution in [1.29, 1.82) is 0 Å². The third kappa shape index (κ3) is 17.6. The first-order valence-corrected chi connectivity index (χ1v) is 32.8. The molecule has 1 aromatic heterocycles. The van der Waals surface area contributed by atoms with E-state index in [9.17, 15) is 19.8 Å². The van der Waals surface area contributed by atoms with E-state index in [1.807, 2.05) is 94.6 Å². The normalized spacial score (nSPS) is 38.2. The molecular weight excluding hydrogens is 1070 g/mol. The highest BCUT2D eigenvalue weighted by atomic mass is 28.4. The number of likely N-dealkylation sites (N-methyl/N-ethyl adjacent to an activating group) is 2. The first-order chi connectivity index (χ1) is 38.7. The number of esters is 2. The summed E-state index contributed by atoms with van der Waals surface area (Å²) in [5.41, 5.74) is 0.348. The van der Waals surface area contributed by atoms with Gasteiger partial charge in [0, 0.05) is 45.0 Å². The maximum absolute atomic E-state index is 14.0. The number of rotatable bonds is 18. The van der Waals surface area contributed by atoms with Crippen LogP contribution < -0.4 is 5.32 Å².